The highest BCUT2D eigenvalue weighted by atomic mass is 35.5. The van der Waals surface area contributed by atoms with Crippen molar-refractivity contribution in [2.24, 2.45) is 11.7 Å². The third-order valence-electron chi connectivity index (χ3n) is 4.43. The van der Waals surface area contributed by atoms with E-state index in [0.717, 1.165) is 38.0 Å². The van der Waals surface area contributed by atoms with Crippen LogP contribution in [0.3, 0.4) is 0 Å². The molecule has 0 aliphatic carbocycles. The first kappa shape index (κ1) is 18.6. The van der Waals surface area contributed by atoms with E-state index in [1.54, 1.807) is 0 Å². The molecule has 0 radical (unpaired) electrons. The number of fused-ring (bicyclic) bond motifs is 1. The lowest BCUT2D eigenvalue weighted by Gasteiger charge is -2.32. The normalized spacial score (nSPS) is 18.1. The Morgan fingerprint density at radius 3 is 3.00 bits per heavy atom. The maximum absolute atomic E-state index is 12.2. The van der Waals surface area contributed by atoms with Crippen molar-refractivity contribution >= 4 is 29.2 Å². The number of halogens is 1. The molecule has 1 aromatic heterocycles. The van der Waals surface area contributed by atoms with Gasteiger partial charge in [0.2, 0.25) is 5.91 Å². The fourth-order valence-electron chi connectivity index (χ4n) is 3.29. The van der Waals surface area contributed by atoms with Crippen molar-refractivity contribution in [3.63, 3.8) is 0 Å². The number of para-hydroxylation sites is 1. The molecule has 5 nitrogen and oxygen atoms in total. The van der Waals surface area contributed by atoms with Gasteiger partial charge in [-0.2, -0.15) is 0 Å². The third-order valence-corrected chi connectivity index (χ3v) is 4.43. The summed E-state index contributed by atoms with van der Waals surface area (Å²) < 4.78 is 0. The molecule has 1 saturated heterocycles. The van der Waals surface area contributed by atoms with Crippen LogP contribution in [0.15, 0.2) is 36.5 Å². The van der Waals surface area contributed by atoms with Crippen molar-refractivity contribution in [1.82, 2.24) is 15.2 Å². The number of pyridine rings is 1. The molecule has 3 rings (SSSR count). The number of aromatic nitrogens is 1. The Balaban J connectivity index is 0.00000208. The molecule has 0 saturated carbocycles. The smallest absolute Gasteiger partial charge is 0.224 e. The number of carbonyl (C=O) groups is 1. The first-order valence-corrected chi connectivity index (χ1v) is 8.30. The molecule has 1 aromatic carbocycles. The zero-order chi connectivity index (χ0) is 16.1. The van der Waals surface area contributed by atoms with Crippen molar-refractivity contribution in [1.29, 1.82) is 0 Å². The topological polar surface area (TPSA) is 71.2 Å². The summed E-state index contributed by atoms with van der Waals surface area (Å²) in [7, 11) is 0. The standard InChI is InChI=1S/C18H24N4O.ClH/c19-8-10-21-18(23)16-7-3-11-22(13-16)12-15-5-1-4-14-6-2-9-20-17(14)15;/h1-2,4-6,9,16H,3,7-8,10-13,19H2,(H,21,23);1H. The quantitative estimate of drug-likeness (QED) is 0.866. The highest BCUT2D eigenvalue weighted by Crippen LogP contribution is 2.22. The Hall–Kier alpha value is -1.69. The summed E-state index contributed by atoms with van der Waals surface area (Å²) in [6.45, 7) is 3.73. The zero-order valence-corrected chi connectivity index (χ0v) is 14.6. The van der Waals surface area contributed by atoms with Crippen molar-refractivity contribution in [2.75, 3.05) is 26.2 Å². The fourth-order valence-corrected chi connectivity index (χ4v) is 3.29. The molecule has 3 N–H and O–H groups in total. The Bertz CT molecular complexity index is 674. The maximum Gasteiger partial charge on any atom is 0.224 e. The minimum absolute atomic E-state index is 0. The summed E-state index contributed by atoms with van der Waals surface area (Å²) in [5, 5.41) is 4.08. The Kier molecular flexibility index (Phi) is 6.97. The number of piperidine rings is 1. The lowest BCUT2D eigenvalue weighted by molar-refractivity contribution is -0.126. The molecule has 130 valence electrons. The molecule has 1 unspecified atom stereocenters. The molecular formula is C18H25ClN4O. The van der Waals surface area contributed by atoms with E-state index in [-0.39, 0.29) is 24.2 Å². The van der Waals surface area contributed by atoms with E-state index in [2.05, 4.69) is 39.5 Å². The third kappa shape index (κ3) is 4.44. The van der Waals surface area contributed by atoms with Crippen LogP contribution in [0.25, 0.3) is 10.9 Å². The van der Waals surface area contributed by atoms with Crippen molar-refractivity contribution in [2.45, 2.75) is 19.4 Å². The van der Waals surface area contributed by atoms with Crippen LogP contribution >= 0.6 is 12.4 Å². The van der Waals surface area contributed by atoms with E-state index < -0.39 is 0 Å². The van der Waals surface area contributed by atoms with Gasteiger partial charge in [0, 0.05) is 37.8 Å². The van der Waals surface area contributed by atoms with E-state index in [0.29, 0.717) is 13.1 Å². The van der Waals surface area contributed by atoms with E-state index in [1.807, 2.05) is 12.3 Å². The second kappa shape index (κ2) is 8.97. The van der Waals surface area contributed by atoms with Crippen LogP contribution in [0.5, 0.6) is 0 Å². The number of likely N-dealkylation sites (tertiary alicyclic amines) is 1. The van der Waals surface area contributed by atoms with Gasteiger partial charge in [-0.25, -0.2) is 0 Å². The molecule has 1 amide bonds. The number of carbonyl (C=O) groups excluding carboxylic acids is 1. The number of nitrogens with two attached hydrogens (primary N) is 1. The largest absolute Gasteiger partial charge is 0.355 e. The van der Waals surface area contributed by atoms with Gasteiger partial charge in [-0.3, -0.25) is 14.7 Å². The first-order valence-electron chi connectivity index (χ1n) is 8.30. The molecule has 2 aromatic rings. The fraction of sp³-hybridized carbons (Fsp3) is 0.444. The molecular weight excluding hydrogens is 324 g/mol. The van der Waals surface area contributed by atoms with Crippen molar-refractivity contribution < 1.29 is 4.79 Å². The molecule has 1 aliphatic heterocycles. The van der Waals surface area contributed by atoms with Gasteiger partial charge >= 0.3 is 0 Å². The van der Waals surface area contributed by atoms with E-state index in [9.17, 15) is 4.79 Å². The average molecular weight is 349 g/mol. The molecule has 1 aliphatic rings. The van der Waals surface area contributed by atoms with Crippen LogP contribution < -0.4 is 11.1 Å². The maximum atomic E-state index is 12.2. The van der Waals surface area contributed by atoms with Gasteiger partial charge in [-0.15, -0.1) is 12.4 Å². The lowest BCUT2D eigenvalue weighted by atomic mass is 9.96. The molecule has 1 fully saturated rings. The summed E-state index contributed by atoms with van der Waals surface area (Å²) in [4.78, 5) is 19.0. The zero-order valence-electron chi connectivity index (χ0n) is 13.8. The molecule has 24 heavy (non-hydrogen) atoms. The Labute approximate surface area is 149 Å². The second-order valence-electron chi connectivity index (χ2n) is 6.15. The SMILES string of the molecule is Cl.NCCNC(=O)C1CCCN(Cc2cccc3cccnc23)C1. The molecule has 2 heterocycles. The summed E-state index contributed by atoms with van der Waals surface area (Å²) >= 11 is 0. The predicted molar refractivity (Wildman–Crippen MR) is 99.1 cm³/mol. The number of benzene rings is 1. The van der Waals surface area contributed by atoms with Gasteiger partial charge < -0.3 is 11.1 Å². The van der Waals surface area contributed by atoms with Crippen LogP contribution in [0.4, 0.5) is 0 Å². The summed E-state index contributed by atoms with van der Waals surface area (Å²) in [5.41, 5.74) is 7.74. The number of nitrogens with zero attached hydrogens (tertiary/aromatic N) is 2. The molecule has 0 spiro atoms. The highest BCUT2D eigenvalue weighted by Gasteiger charge is 2.25. The van der Waals surface area contributed by atoms with E-state index in [1.165, 1.54) is 10.9 Å². The number of rotatable bonds is 5. The monoisotopic (exact) mass is 348 g/mol. The van der Waals surface area contributed by atoms with Gasteiger partial charge in [0.05, 0.1) is 11.4 Å². The highest BCUT2D eigenvalue weighted by molar-refractivity contribution is 5.85. The van der Waals surface area contributed by atoms with Gasteiger partial charge in [0.1, 0.15) is 0 Å². The van der Waals surface area contributed by atoms with Crippen LogP contribution in [0.2, 0.25) is 0 Å². The van der Waals surface area contributed by atoms with Crippen LogP contribution in [-0.2, 0) is 11.3 Å². The Morgan fingerprint density at radius 2 is 2.17 bits per heavy atom. The van der Waals surface area contributed by atoms with Crippen molar-refractivity contribution in [3.05, 3.63) is 42.1 Å². The summed E-state index contributed by atoms with van der Waals surface area (Å²) in [5.74, 6) is 0.203. The number of nitrogens with one attached hydrogen (secondary N) is 1. The van der Waals surface area contributed by atoms with Gasteiger partial charge in [0.25, 0.3) is 0 Å². The minimum atomic E-state index is 0. The van der Waals surface area contributed by atoms with Crippen LogP contribution in [-0.4, -0.2) is 42.0 Å². The van der Waals surface area contributed by atoms with Gasteiger partial charge in [-0.05, 0) is 31.0 Å². The molecule has 1 atom stereocenters. The van der Waals surface area contributed by atoms with Crippen LogP contribution in [0, 0.1) is 5.92 Å². The summed E-state index contributed by atoms with van der Waals surface area (Å²) in [6.07, 6.45) is 3.85. The number of amides is 1. The first-order chi connectivity index (χ1) is 11.3. The number of hydrogen-bond acceptors (Lipinski definition) is 4. The van der Waals surface area contributed by atoms with Crippen LogP contribution in [0.1, 0.15) is 18.4 Å². The molecule has 6 heteroatoms. The summed E-state index contributed by atoms with van der Waals surface area (Å²) in [6, 6.07) is 10.4. The minimum Gasteiger partial charge on any atom is -0.355 e. The van der Waals surface area contributed by atoms with Gasteiger partial charge in [0.15, 0.2) is 0 Å². The second-order valence-corrected chi connectivity index (χ2v) is 6.15. The number of hydrogen-bond donors (Lipinski definition) is 2. The van der Waals surface area contributed by atoms with Crippen molar-refractivity contribution in [3.8, 4) is 0 Å². The van der Waals surface area contributed by atoms with E-state index in [4.69, 9.17) is 5.73 Å². The lowest BCUT2D eigenvalue weighted by Crippen LogP contribution is -2.43. The van der Waals surface area contributed by atoms with Gasteiger partial charge in [-0.1, -0.05) is 24.3 Å². The Morgan fingerprint density at radius 1 is 1.33 bits per heavy atom. The van der Waals surface area contributed by atoms with E-state index >= 15 is 0 Å². The predicted octanol–water partition coefficient (Wildman–Crippen LogP) is 1.94. The molecule has 0 bridgehead atoms. The average Bonchev–Trinajstić information content (AvgIpc) is 2.60.